The van der Waals surface area contributed by atoms with Crippen LogP contribution < -0.4 is 22.5 Å². The summed E-state index contributed by atoms with van der Waals surface area (Å²) in [4.78, 5) is 24.2. The highest BCUT2D eigenvalue weighted by atomic mass is 19.4. The number of hydrogen-bond acceptors (Lipinski definition) is 11. The van der Waals surface area contributed by atoms with Crippen molar-refractivity contribution in [1.29, 1.82) is 0 Å². The Morgan fingerprint density at radius 1 is 0.750 bits per heavy atom. The summed E-state index contributed by atoms with van der Waals surface area (Å²) in [6.45, 7) is 0.373. The zero-order chi connectivity index (χ0) is 41.0. The van der Waals surface area contributed by atoms with E-state index in [0.29, 0.717) is 24.9 Å². The van der Waals surface area contributed by atoms with Crippen molar-refractivity contribution < 1.29 is 63.3 Å². The first-order valence-electron chi connectivity index (χ1n) is 16.7. The van der Waals surface area contributed by atoms with Crippen molar-refractivity contribution in [3.63, 3.8) is 0 Å². The molecule has 2 fully saturated rings. The summed E-state index contributed by atoms with van der Waals surface area (Å²) in [5, 5.41) is 2.40. The first-order chi connectivity index (χ1) is 26.0. The largest absolute Gasteiger partial charge is 0.465 e. The molecule has 0 bridgehead atoms. The van der Waals surface area contributed by atoms with E-state index in [1.165, 1.54) is 30.3 Å². The maximum Gasteiger partial charge on any atom is 0.417 e. The molecule has 3 aromatic rings. The number of nitrogens with two attached hydrogens (primary N) is 3. The van der Waals surface area contributed by atoms with Crippen molar-refractivity contribution in [2.24, 2.45) is 33.3 Å². The number of nitrogen functional groups attached to an aromatic ring is 1. The van der Waals surface area contributed by atoms with Gasteiger partial charge in [-0.3, -0.25) is 9.78 Å². The molecule has 6 atom stereocenters. The van der Waals surface area contributed by atoms with Gasteiger partial charge in [-0.05, 0) is 48.5 Å². The van der Waals surface area contributed by atoms with Crippen LogP contribution >= 0.6 is 0 Å². The minimum atomic E-state index is -4.62. The SMILES string of the molecule is CC(F)(F)[C@H]1OC[C@]2(c3cc(N)ccc3F)N=C(N)OC[C@H]12.CC(F)(F)[C@H]1OC[C@]2(c3cc(NC(=O)c4ccc(C(F)(F)F)cn4)ccc3F)N=C(N)OC[C@H]12. The van der Waals surface area contributed by atoms with Crippen LogP contribution in [-0.4, -0.2) is 73.4 Å². The number of hydrogen-bond donors (Lipinski definition) is 4. The number of carbonyl (C=O) groups is 1. The third kappa shape index (κ3) is 7.60. The number of rotatable bonds is 6. The number of anilines is 2. The van der Waals surface area contributed by atoms with Gasteiger partial charge in [0.2, 0.25) is 0 Å². The van der Waals surface area contributed by atoms with Crippen molar-refractivity contribution >= 4 is 29.3 Å². The van der Waals surface area contributed by atoms with Gasteiger partial charge < -0.3 is 41.5 Å². The molecule has 21 heteroatoms. The molecule has 7 N–H and O–H groups in total. The molecule has 2 aromatic carbocycles. The van der Waals surface area contributed by atoms with E-state index >= 15 is 0 Å². The lowest BCUT2D eigenvalue weighted by Gasteiger charge is -2.37. The lowest BCUT2D eigenvalue weighted by Crippen LogP contribution is -2.48. The second-order valence-corrected chi connectivity index (χ2v) is 13.8. The van der Waals surface area contributed by atoms with E-state index in [1.807, 2.05) is 0 Å². The van der Waals surface area contributed by atoms with Gasteiger partial charge in [0.05, 0.1) is 43.8 Å². The maximum atomic E-state index is 14.9. The number of nitrogens with zero attached hydrogens (tertiary/aromatic N) is 3. The van der Waals surface area contributed by atoms with Crippen LogP contribution in [0.5, 0.6) is 0 Å². The number of ether oxygens (including phenoxy) is 4. The minimum absolute atomic E-state index is 0.0307. The Labute approximate surface area is 312 Å². The minimum Gasteiger partial charge on any atom is -0.465 e. The predicted octanol–water partition coefficient (Wildman–Crippen LogP) is 5.32. The summed E-state index contributed by atoms with van der Waals surface area (Å²) in [7, 11) is 0. The van der Waals surface area contributed by atoms with Crippen molar-refractivity contribution in [3.8, 4) is 0 Å². The molecule has 56 heavy (non-hydrogen) atoms. The number of carbonyl (C=O) groups excluding carboxylic acids is 1. The van der Waals surface area contributed by atoms with E-state index < -0.39 is 82.9 Å². The number of nitrogens with one attached hydrogen (secondary N) is 1. The smallest absolute Gasteiger partial charge is 0.417 e. The molecule has 4 aliphatic heterocycles. The molecule has 1 amide bonds. The number of amidine groups is 2. The molecule has 0 spiro atoms. The first-order valence-corrected chi connectivity index (χ1v) is 16.7. The van der Waals surface area contributed by atoms with Crippen LogP contribution in [0.15, 0.2) is 64.7 Å². The number of aliphatic imine (C=N–C) groups is 2. The number of benzene rings is 2. The average Bonchev–Trinajstić information content (AvgIpc) is 3.70. The van der Waals surface area contributed by atoms with Gasteiger partial charge >= 0.3 is 6.18 Å². The summed E-state index contributed by atoms with van der Waals surface area (Å²) in [6.07, 6.45) is -7.18. The molecule has 0 aliphatic carbocycles. The lowest BCUT2D eigenvalue weighted by atomic mass is 9.76. The Morgan fingerprint density at radius 3 is 1.71 bits per heavy atom. The van der Waals surface area contributed by atoms with Crippen LogP contribution in [0.4, 0.5) is 50.9 Å². The first kappa shape index (κ1) is 40.4. The standard InChI is InChI=1S/C21H18F6N4O3.C14H16F3N3O2/c1-19(23,24)16-13-8-33-18(28)31-20(13,9-34-16)12-6-11(3-4-14(12)22)30-17(32)15-5-2-10(7-29-15)21(25,26)27;1-13(16,17)11-9-5-21-12(19)20-14(9,6-22-11)8-4-7(18)2-3-10(8)15/h2-7,13,16H,8-9H2,1H3,(H2,28,31)(H,30,32);2-4,9,11H,5-6,18H2,1H3,(H2,19,20)/t13-,16+,20-;9-,11+,14-/m11/s1. The number of amides is 1. The second-order valence-electron chi connectivity index (χ2n) is 13.8. The average molecular weight is 804 g/mol. The molecule has 0 saturated carbocycles. The zero-order valence-corrected chi connectivity index (χ0v) is 29.4. The van der Waals surface area contributed by atoms with Gasteiger partial charge in [0.15, 0.2) is 0 Å². The zero-order valence-electron chi connectivity index (χ0n) is 29.4. The maximum absolute atomic E-state index is 14.9. The van der Waals surface area contributed by atoms with Crippen molar-refractivity contribution in [1.82, 2.24) is 4.98 Å². The highest BCUT2D eigenvalue weighted by Gasteiger charge is 2.62. The molecular weight excluding hydrogens is 769 g/mol. The van der Waals surface area contributed by atoms with E-state index in [1.54, 1.807) is 0 Å². The number of aromatic nitrogens is 1. The predicted molar refractivity (Wildman–Crippen MR) is 181 cm³/mol. The van der Waals surface area contributed by atoms with E-state index in [9.17, 15) is 44.3 Å². The van der Waals surface area contributed by atoms with Gasteiger partial charge in [0, 0.05) is 42.5 Å². The van der Waals surface area contributed by atoms with E-state index in [-0.39, 0.29) is 54.4 Å². The summed E-state index contributed by atoms with van der Waals surface area (Å²) in [5.41, 5.74) is 12.9. The van der Waals surface area contributed by atoms with Gasteiger partial charge in [-0.15, -0.1) is 0 Å². The van der Waals surface area contributed by atoms with E-state index in [0.717, 1.165) is 19.1 Å². The van der Waals surface area contributed by atoms with Gasteiger partial charge in [-0.2, -0.15) is 13.2 Å². The third-order valence-electron chi connectivity index (χ3n) is 9.83. The van der Waals surface area contributed by atoms with E-state index in [4.69, 9.17) is 36.1 Å². The van der Waals surface area contributed by atoms with Crippen LogP contribution in [0.1, 0.15) is 41.0 Å². The van der Waals surface area contributed by atoms with Crippen molar-refractivity contribution in [2.75, 3.05) is 37.5 Å². The van der Waals surface area contributed by atoms with Gasteiger partial charge in [0.1, 0.15) is 40.6 Å². The summed E-state index contributed by atoms with van der Waals surface area (Å²) >= 11 is 0. The quantitative estimate of drug-likeness (QED) is 0.190. The van der Waals surface area contributed by atoms with Gasteiger partial charge in [-0.1, -0.05) is 0 Å². The molecule has 0 unspecified atom stereocenters. The second kappa shape index (κ2) is 14.3. The molecule has 5 heterocycles. The molecule has 2 saturated heterocycles. The molecule has 1 aromatic heterocycles. The summed E-state index contributed by atoms with van der Waals surface area (Å²) < 4.78 is 144. The summed E-state index contributed by atoms with van der Waals surface area (Å²) in [5.74, 6) is -10.6. The number of fused-ring (bicyclic) bond motifs is 2. The number of halogens is 9. The van der Waals surface area contributed by atoms with Gasteiger partial charge in [-0.25, -0.2) is 36.3 Å². The van der Waals surface area contributed by atoms with Crippen molar-refractivity contribution in [2.45, 2.75) is 55.2 Å². The topological polar surface area (TPSA) is 182 Å². The summed E-state index contributed by atoms with van der Waals surface area (Å²) in [6, 6.07) is 8.39. The fourth-order valence-corrected chi connectivity index (χ4v) is 7.24. The normalized spacial score (nSPS) is 27.3. The monoisotopic (exact) mass is 803 g/mol. The van der Waals surface area contributed by atoms with Crippen LogP contribution in [0.2, 0.25) is 0 Å². The molecule has 12 nitrogen and oxygen atoms in total. The fourth-order valence-electron chi connectivity index (χ4n) is 7.24. The Hall–Kier alpha value is -5.31. The molecular formula is C35H34F9N7O5. The highest BCUT2D eigenvalue weighted by Crippen LogP contribution is 2.51. The van der Waals surface area contributed by atoms with Crippen LogP contribution in [0, 0.1) is 23.5 Å². The van der Waals surface area contributed by atoms with E-state index in [2.05, 4.69) is 20.3 Å². The molecule has 0 radical (unpaired) electrons. The third-order valence-corrected chi connectivity index (χ3v) is 9.83. The Kier molecular flexibility index (Phi) is 10.3. The molecule has 4 aliphatic rings. The highest BCUT2D eigenvalue weighted by molar-refractivity contribution is 6.02. The van der Waals surface area contributed by atoms with Crippen LogP contribution in [0.3, 0.4) is 0 Å². The van der Waals surface area contributed by atoms with Crippen LogP contribution in [-0.2, 0) is 36.2 Å². The van der Waals surface area contributed by atoms with Crippen LogP contribution in [0.25, 0.3) is 0 Å². The van der Waals surface area contributed by atoms with Gasteiger partial charge in [0.25, 0.3) is 29.8 Å². The number of pyridine rings is 1. The number of alkyl halides is 7. The fraction of sp³-hybridized carbons (Fsp3) is 0.429. The molecule has 302 valence electrons. The Bertz CT molecular complexity index is 2040. The Morgan fingerprint density at radius 2 is 1.25 bits per heavy atom. The lowest BCUT2D eigenvalue weighted by molar-refractivity contribution is -0.137. The van der Waals surface area contributed by atoms with Crippen molar-refractivity contribution in [3.05, 3.63) is 88.7 Å². The Balaban J connectivity index is 0.000000208. The molecule has 7 rings (SSSR count).